The fourth-order valence-corrected chi connectivity index (χ4v) is 2.51. The maximum atomic E-state index is 11.2. The quantitative estimate of drug-likeness (QED) is 0.452. The van der Waals surface area contributed by atoms with E-state index in [1.807, 2.05) is 6.92 Å². The standard InChI is InChI=1S/C12H19NO3S2/c1-2-8-16-11(15)6-4-3-5-7-13-10(14)9-18-12(13)17/h9,14H,2-8H2,1H3. The van der Waals surface area contributed by atoms with Gasteiger partial charge in [0, 0.05) is 13.0 Å². The van der Waals surface area contributed by atoms with Crippen LogP contribution in [0.3, 0.4) is 0 Å². The molecule has 1 aromatic rings. The Labute approximate surface area is 116 Å². The van der Waals surface area contributed by atoms with Crippen LogP contribution in [0.4, 0.5) is 0 Å². The highest BCUT2D eigenvalue weighted by molar-refractivity contribution is 7.73. The summed E-state index contributed by atoms with van der Waals surface area (Å²) in [7, 11) is 0. The molecule has 0 aliphatic heterocycles. The average molecular weight is 289 g/mol. The molecular formula is C12H19NO3S2. The third kappa shape index (κ3) is 5.18. The maximum absolute atomic E-state index is 11.2. The summed E-state index contributed by atoms with van der Waals surface area (Å²) in [5, 5.41) is 11.1. The molecular weight excluding hydrogens is 270 g/mol. The van der Waals surface area contributed by atoms with Crippen LogP contribution in [0.15, 0.2) is 5.38 Å². The number of aromatic hydroxyl groups is 1. The smallest absolute Gasteiger partial charge is 0.305 e. The number of hydrogen-bond acceptors (Lipinski definition) is 5. The summed E-state index contributed by atoms with van der Waals surface area (Å²) < 4.78 is 7.39. The van der Waals surface area contributed by atoms with Crippen LogP contribution >= 0.6 is 23.6 Å². The van der Waals surface area contributed by atoms with Crippen molar-refractivity contribution >= 4 is 29.5 Å². The molecule has 1 heterocycles. The number of unbranched alkanes of at least 4 members (excludes halogenated alkanes) is 2. The van der Waals surface area contributed by atoms with Crippen LogP contribution in [-0.4, -0.2) is 22.2 Å². The Hall–Kier alpha value is -0.880. The SMILES string of the molecule is CCCOC(=O)CCCCCn1c(O)csc1=S. The van der Waals surface area contributed by atoms with Crippen LogP contribution in [0.2, 0.25) is 0 Å². The molecule has 0 fully saturated rings. The second-order valence-electron chi connectivity index (χ2n) is 4.04. The molecule has 0 aliphatic rings. The zero-order chi connectivity index (χ0) is 13.4. The highest BCUT2D eigenvalue weighted by Gasteiger charge is 2.04. The largest absolute Gasteiger partial charge is 0.494 e. The van der Waals surface area contributed by atoms with E-state index in [4.69, 9.17) is 17.0 Å². The number of aromatic nitrogens is 1. The summed E-state index contributed by atoms with van der Waals surface area (Å²) in [4.78, 5) is 11.2. The lowest BCUT2D eigenvalue weighted by molar-refractivity contribution is -0.143. The van der Waals surface area contributed by atoms with E-state index >= 15 is 0 Å². The summed E-state index contributed by atoms with van der Waals surface area (Å²) >= 11 is 6.45. The Morgan fingerprint density at radius 2 is 2.28 bits per heavy atom. The molecule has 0 aliphatic carbocycles. The molecule has 6 heteroatoms. The van der Waals surface area contributed by atoms with Gasteiger partial charge in [-0.25, -0.2) is 0 Å². The summed E-state index contributed by atoms with van der Waals surface area (Å²) in [5.74, 6) is 0.110. The predicted molar refractivity (Wildman–Crippen MR) is 74.5 cm³/mol. The lowest BCUT2D eigenvalue weighted by Crippen LogP contribution is -2.05. The zero-order valence-electron chi connectivity index (χ0n) is 10.6. The van der Waals surface area contributed by atoms with Crippen LogP contribution in [0.5, 0.6) is 5.88 Å². The van der Waals surface area contributed by atoms with E-state index in [0.29, 0.717) is 23.5 Å². The van der Waals surface area contributed by atoms with E-state index in [1.54, 1.807) is 9.95 Å². The topological polar surface area (TPSA) is 51.5 Å². The number of nitrogens with zero attached hydrogens (tertiary/aromatic N) is 1. The fraction of sp³-hybridized carbons (Fsp3) is 0.667. The predicted octanol–water partition coefficient (Wildman–Crippen LogP) is 3.50. The Balaban J connectivity index is 2.12. The van der Waals surface area contributed by atoms with Gasteiger partial charge in [-0.2, -0.15) is 0 Å². The minimum Gasteiger partial charge on any atom is -0.494 e. The number of carbonyl (C=O) groups excluding carboxylic acids is 1. The van der Waals surface area contributed by atoms with Gasteiger partial charge in [0.25, 0.3) is 0 Å². The number of esters is 1. The van der Waals surface area contributed by atoms with Gasteiger partial charge in [-0.15, -0.1) is 11.3 Å². The van der Waals surface area contributed by atoms with Gasteiger partial charge in [0.2, 0.25) is 5.88 Å². The Kier molecular flexibility index (Phi) is 6.97. The molecule has 4 nitrogen and oxygen atoms in total. The van der Waals surface area contributed by atoms with Crippen LogP contribution in [0.1, 0.15) is 39.0 Å². The number of thiazole rings is 1. The molecule has 1 rings (SSSR count). The van der Waals surface area contributed by atoms with Gasteiger partial charge < -0.3 is 9.84 Å². The van der Waals surface area contributed by atoms with Gasteiger partial charge in [-0.3, -0.25) is 9.36 Å². The monoisotopic (exact) mass is 289 g/mol. The minimum atomic E-state index is -0.119. The molecule has 0 bridgehead atoms. The van der Waals surface area contributed by atoms with Crippen molar-refractivity contribution in [3.63, 3.8) is 0 Å². The maximum Gasteiger partial charge on any atom is 0.305 e. The van der Waals surface area contributed by atoms with Gasteiger partial charge in [0.1, 0.15) is 0 Å². The van der Waals surface area contributed by atoms with Gasteiger partial charge in [-0.1, -0.05) is 13.3 Å². The number of ether oxygens (including phenoxy) is 1. The molecule has 0 saturated carbocycles. The van der Waals surface area contributed by atoms with Crippen molar-refractivity contribution < 1.29 is 14.6 Å². The first kappa shape index (κ1) is 15.2. The van der Waals surface area contributed by atoms with E-state index in [-0.39, 0.29) is 11.8 Å². The lowest BCUT2D eigenvalue weighted by Gasteiger charge is -2.05. The molecule has 0 radical (unpaired) electrons. The van der Waals surface area contributed by atoms with E-state index in [2.05, 4.69) is 0 Å². The number of carbonyl (C=O) groups is 1. The van der Waals surface area contributed by atoms with E-state index in [1.165, 1.54) is 11.3 Å². The first-order valence-corrected chi connectivity index (χ1v) is 7.47. The zero-order valence-corrected chi connectivity index (χ0v) is 12.2. The van der Waals surface area contributed by atoms with Crippen molar-refractivity contribution in [2.45, 2.75) is 45.6 Å². The molecule has 1 aromatic heterocycles. The van der Waals surface area contributed by atoms with E-state index < -0.39 is 0 Å². The van der Waals surface area contributed by atoms with Crippen LogP contribution in [-0.2, 0) is 16.1 Å². The second kappa shape index (κ2) is 8.26. The van der Waals surface area contributed by atoms with Crippen molar-refractivity contribution in [3.8, 4) is 5.88 Å². The molecule has 1 N–H and O–H groups in total. The van der Waals surface area contributed by atoms with Crippen molar-refractivity contribution in [1.29, 1.82) is 0 Å². The second-order valence-corrected chi connectivity index (χ2v) is 5.55. The molecule has 0 aromatic carbocycles. The summed E-state index contributed by atoms with van der Waals surface area (Å²) in [5.41, 5.74) is 0. The highest BCUT2D eigenvalue weighted by Crippen LogP contribution is 2.18. The Morgan fingerprint density at radius 1 is 1.50 bits per heavy atom. The van der Waals surface area contributed by atoms with Crippen molar-refractivity contribution in [2.24, 2.45) is 0 Å². The van der Waals surface area contributed by atoms with Crippen LogP contribution in [0.25, 0.3) is 0 Å². The first-order valence-electron chi connectivity index (χ1n) is 6.18. The van der Waals surface area contributed by atoms with Crippen molar-refractivity contribution in [1.82, 2.24) is 4.57 Å². The molecule has 0 unspecified atom stereocenters. The molecule has 18 heavy (non-hydrogen) atoms. The van der Waals surface area contributed by atoms with Gasteiger partial charge in [0.05, 0.1) is 12.0 Å². The van der Waals surface area contributed by atoms with E-state index in [9.17, 15) is 9.90 Å². The minimum absolute atomic E-state index is 0.119. The molecule has 0 atom stereocenters. The Bertz CT molecular complexity index is 425. The van der Waals surface area contributed by atoms with Crippen molar-refractivity contribution in [3.05, 3.63) is 9.33 Å². The first-order chi connectivity index (χ1) is 8.65. The highest BCUT2D eigenvalue weighted by atomic mass is 32.1. The number of rotatable bonds is 8. The summed E-state index contributed by atoms with van der Waals surface area (Å²) in [6.45, 7) is 3.19. The third-order valence-corrected chi connectivity index (χ3v) is 3.75. The molecule has 102 valence electrons. The normalized spacial score (nSPS) is 10.5. The van der Waals surface area contributed by atoms with Crippen LogP contribution < -0.4 is 0 Å². The van der Waals surface area contributed by atoms with Crippen LogP contribution in [0, 0.1) is 3.95 Å². The van der Waals surface area contributed by atoms with Gasteiger partial charge in [-0.05, 0) is 31.5 Å². The van der Waals surface area contributed by atoms with E-state index in [0.717, 1.165) is 25.7 Å². The van der Waals surface area contributed by atoms with Crippen molar-refractivity contribution in [2.75, 3.05) is 6.61 Å². The average Bonchev–Trinajstić information content (AvgIpc) is 2.67. The molecule has 0 amide bonds. The third-order valence-electron chi connectivity index (χ3n) is 2.49. The molecule has 0 saturated heterocycles. The number of hydrogen-bond donors (Lipinski definition) is 1. The summed E-state index contributed by atoms with van der Waals surface area (Å²) in [6, 6.07) is 0. The molecule has 0 spiro atoms. The lowest BCUT2D eigenvalue weighted by atomic mass is 10.2. The fourth-order valence-electron chi connectivity index (χ4n) is 1.53. The Morgan fingerprint density at radius 3 is 2.89 bits per heavy atom. The van der Waals surface area contributed by atoms with Gasteiger partial charge in [0.15, 0.2) is 3.95 Å². The van der Waals surface area contributed by atoms with Gasteiger partial charge >= 0.3 is 5.97 Å². The summed E-state index contributed by atoms with van der Waals surface area (Å²) in [6.07, 6.45) is 3.99.